The van der Waals surface area contributed by atoms with Crippen LogP contribution in [0.25, 0.3) is 10.9 Å². The van der Waals surface area contributed by atoms with E-state index in [1.165, 1.54) is 12.3 Å². The maximum absolute atomic E-state index is 12.8. The number of aromatic nitrogens is 1. The number of non-ortho nitro benzene ring substituents is 1. The molecule has 0 aliphatic rings. The van der Waals surface area contributed by atoms with E-state index in [1.54, 1.807) is 13.8 Å². The molecule has 1 atom stereocenters. The summed E-state index contributed by atoms with van der Waals surface area (Å²) >= 11 is 4.35. The van der Waals surface area contributed by atoms with Crippen LogP contribution in [0.15, 0.2) is 22.0 Å². The fourth-order valence-electron chi connectivity index (χ4n) is 2.42. The molecule has 0 saturated carbocycles. The number of hydrogen-bond donors (Lipinski definition) is 1. The largest absolute Gasteiger partial charge is 0.610 e. The van der Waals surface area contributed by atoms with E-state index in [0.717, 1.165) is 6.07 Å². The topological polar surface area (TPSA) is 116 Å². The lowest BCUT2D eigenvalue weighted by molar-refractivity contribution is -0.383. The van der Waals surface area contributed by atoms with Crippen LogP contribution in [0.1, 0.15) is 30.6 Å². The number of nitro groups is 1. The number of H-pyrrole nitrogens is 1. The molecule has 2 rings (SSSR count). The first kappa shape index (κ1) is 18.4. The molecule has 0 bridgehead atoms. The van der Waals surface area contributed by atoms with E-state index in [9.17, 15) is 24.3 Å². The van der Waals surface area contributed by atoms with Gasteiger partial charge in [-0.1, -0.05) is 25.4 Å². The SMILES string of the molecule is CC(C)CC(=O)c1c([S+](C)[O-])[nH]c2c(Cl)ccc([N+](=O)[O-])c2c1=O. The first-order chi connectivity index (χ1) is 11.1. The summed E-state index contributed by atoms with van der Waals surface area (Å²) in [5, 5.41) is 10.9. The van der Waals surface area contributed by atoms with E-state index < -0.39 is 33.0 Å². The minimum Gasteiger partial charge on any atom is -0.610 e. The molecule has 0 saturated heterocycles. The predicted octanol–water partition coefficient (Wildman–Crippen LogP) is 3.06. The Hall–Kier alpha value is -1.90. The number of hydrogen-bond acceptors (Lipinski definition) is 5. The third-order valence-electron chi connectivity index (χ3n) is 3.41. The van der Waals surface area contributed by atoms with Crippen molar-refractivity contribution in [1.82, 2.24) is 4.98 Å². The van der Waals surface area contributed by atoms with Gasteiger partial charge in [0, 0.05) is 23.7 Å². The molecule has 1 heterocycles. The average Bonchev–Trinajstić information content (AvgIpc) is 2.46. The van der Waals surface area contributed by atoms with Gasteiger partial charge in [0.25, 0.3) is 5.69 Å². The Labute approximate surface area is 145 Å². The molecule has 0 aliphatic carbocycles. The lowest BCUT2D eigenvalue weighted by Gasteiger charge is -2.12. The van der Waals surface area contributed by atoms with Gasteiger partial charge in [-0.2, -0.15) is 0 Å². The smallest absolute Gasteiger partial charge is 0.282 e. The predicted molar refractivity (Wildman–Crippen MR) is 92.4 cm³/mol. The highest BCUT2D eigenvalue weighted by Gasteiger charge is 2.29. The number of aromatic amines is 1. The minimum absolute atomic E-state index is 0.00200. The molecule has 24 heavy (non-hydrogen) atoms. The third-order valence-corrected chi connectivity index (χ3v) is 4.60. The molecule has 7 nitrogen and oxygen atoms in total. The fraction of sp³-hybridized carbons (Fsp3) is 0.333. The van der Waals surface area contributed by atoms with E-state index in [0.29, 0.717) is 0 Å². The summed E-state index contributed by atoms with van der Waals surface area (Å²) < 4.78 is 12.0. The van der Waals surface area contributed by atoms with E-state index in [2.05, 4.69) is 4.98 Å². The first-order valence-electron chi connectivity index (χ1n) is 7.04. The Bertz CT molecular complexity index is 892. The standard InChI is InChI=1S/C15H15ClN2O5S/c1-7(2)6-10(19)12-14(20)11-9(18(21)22)5-4-8(16)13(11)17-15(12)24(3)23/h4-5,7H,6H2,1-3H3,(H,17,20). The first-order valence-corrected chi connectivity index (χ1v) is 8.98. The van der Waals surface area contributed by atoms with Crippen molar-refractivity contribution in [3.8, 4) is 0 Å². The molecule has 0 radical (unpaired) electrons. The van der Waals surface area contributed by atoms with Gasteiger partial charge in [0.05, 0.1) is 15.5 Å². The number of benzene rings is 1. The number of Topliss-reactive ketones (excluding diaryl/α,β-unsaturated/α-hetero) is 1. The maximum Gasteiger partial charge on any atom is 0.282 e. The Balaban J connectivity index is 2.95. The van der Waals surface area contributed by atoms with Crippen molar-refractivity contribution in [3.05, 3.63) is 43.1 Å². The van der Waals surface area contributed by atoms with Gasteiger partial charge >= 0.3 is 0 Å². The molecule has 2 aromatic rings. The number of carbonyl (C=O) groups excluding carboxylic acids is 1. The summed E-state index contributed by atoms with van der Waals surface area (Å²) in [6, 6.07) is 2.38. The highest BCUT2D eigenvalue weighted by Crippen LogP contribution is 2.30. The molecular weight excluding hydrogens is 356 g/mol. The van der Waals surface area contributed by atoms with Crippen molar-refractivity contribution in [2.75, 3.05) is 6.26 Å². The summed E-state index contributed by atoms with van der Waals surface area (Å²) in [5.74, 6) is -0.535. The highest BCUT2D eigenvalue weighted by atomic mass is 35.5. The number of carbonyl (C=O) groups is 1. The van der Waals surface area contributed by atoms with E-state index in [-0.39, 0.29) is 38.9 Å². The third kappa shape index (κ3) is 3.31. The van der Waals surface area contributed by atoms with Crippen molar-refractivity contribution < 1.29 is 14.3 Å². The number of rotatable bonds is 5. The number of pyridine rings is 1. The lowest BCUT2D eigenvalue weighted by atomic mass is 10.0. The Morgan fingerprint density at radius 3 is 2.54 bits per heavy atom. The zero-order chi connectivity index (χ0) is 18.2. The second-order valence-corrected chi connectivity index (χ2v) is 7.43. The molecule has 1 aromatic heterocycles. The summed E-state index contributed by atoms with van der Waals surface area (Å²) in [4.78, 5) is 38.5. The van der Waals surface area contributed by atoms with E-state index in [4.69, 9.17) is 11.6 Å². The van der Waals surface area contributed by atoms with Crippen molar-refractivity contribution in [1.29, 1.82) is 0 Å². The van der Waals surface area contributed by atoms with E-state index >= 15 is 0 Å². The van der Waals surface area contributed by atoms with Crippen molar-refractivity contribution in [2.45, 2.75) is 25.3 Å². The number of fused-ring (bicyclic) bond motifs is 1. The molecule has 1 unspecified atom stereocenters. The molecule has 9 heteroatoms. The number of nitro benzene ring substituents is 1. The normalized spacial score (nSPS) is 12.6. The van der Waals surface area contributed by atoms with Crippen LogP contribution >= 0.6 is 11.6 Å². The maximum atomic E-state index is 12.8. The van der Waals surface area contributed by atoms with Crippen LogP contribution in [-0.2, 0) is 11.2 Å². The second-order valence-electron chi connectivity index (χ2n) is 5.71. The van der Waals surface area contributed by atoms with Gasteiger partial charge in [-0.3, -0.25) is 19.7 Å². The molecule has 0 aliphatic heterocycles. The molecule has 0 amide bonds. The van der Waals surface area contributed by atoms with Gasteiger partial charge in [0.2, 0.25) is 10.5 Å². The Morgan fingerprint density at radius 1 is 1.42 bits per heavy atom. The van der Waals surface area contributed by atoms with Crippen LogP contribution in [-0.4, -0.2) is 26.5 Å². The van der Waals surface area contributed by atoms with Crippen molar-refractivity contribution in [2.24, 2.45) is 5.92 Å². The summed E-state index contributed by atoms with van der Waals surface area (Å²) in [6.45, 7) is 3.60. The van der Waals surface area contributed by atoms with Gasteiger partial charge in [0.1, 0.15) is 17.2 Å². The quantitative estimate of drug-likeness (QED) is 0.375. The van der Waals surface area contributed by atoms with Crippen LogP contribution in [0, 0.1) is 16.0 Å². The molecular formula is C15H15ClN2O5S. The Kier molecular flexibility index (Phi) is 5.32. The number of nitrogens with zero attached hydrogens (tertiary/aromatic N) is 1. The Morgan fingerprint density at radius 2 is 2.04 bits per heavy atom. The van der Waals surface area contributed by atoms with Gasteiger partial charge < -0.3 is 9.54 Å². The summed E-state index contributed by atoms with van der Waals surface area (Å²) in [5.41, 5.74) is -1.58. The van der Waals surface area contributed by atoms with Gasteiger partial charge in [0.15, 0.2) is 5.78 Å². The van der Waals surface area contributed by atoms with Crippen molar-refractivity contribution in [3.63, 3.8) is 0 Å². The van der Waals surface area contributed by atoms with Crippen LogP contribution < -0.4 is 5.43 Å². The van der Waals surface area contributed by atoms with Gasteiger partial charge in [-0.15, -0.1) is 0 Å². The molecule has 0 fully saturated rings. The van der Waals surface area contributed by atoms with Gasteiger partial charge in [-0.25, -0.2) is 0 Å². The minimum atomic E-state index is -1.67. The second kappa shape index (κ2) is 6.92. The highest BCUT2D eigenvalue weighted by molar-refractivity contribution is 7.90. The van der Waals surface area contributed by atoms with Crippen molar-refractivity contribution >= 4 is 45.2 Å². The summed E-state index contributed by atoms with van der Waals surface area (Å²) in [7, 11) is 0. The average molecular weight is 371 g/mol. The molecule has 1 aromatic carbocycles. The summed E-state index contributed by atoms with van der Waals surface area (Å²) in [6.07, 6.45) is 1.38. The zero-order valence-corrected chi connectivity index (χ0v) is 14.8. The van der Waals surface area contributed by atoms with Crippen LogP contribution in [0.4, 0.5) is 5.69 Å². The monoisotopic (exact) mass is 370 g/mol. The molecule has 128 valence electrons. The lowest BCUT2D eigenvalue weighted by Crippen LogP contribution is -2.23. The zero-order valence-electron chi connectivity index (χ0n) is 13.2. The molecule has 1 N–H and O–H groups in total. The van der Waals surface area contributed by atoms with Crippen LogP contribution in [0.2, 0.25) is 5.02 Å². The van der Waals surface area contributed by atoms with Crippen LogP contribution in [0.3, 0.4) is 0 Å². The number of ketones is 1. The fourth-order valence-corrected chi connectivity index (χ4v) is 3.36. The van der Waals surface area contributed by atoms with Gasteiger partial charge in [-0.05, 0) is 12.0 Å². The number of halogens is 1. The number of nitrogens with one attached hydrogen (secondary N) is 1. The molecule has 0 spiro atoms. The van der Waals surface area contributed by atoms with Crippen LogP contribution in [0.5, 0.6) is 0 Å². The van der Waals surface area contributed by atoms with E-state index in [1.807, 2.05) is 0 Å².